The van der Waals surface area contributed by atoms with Gasteiger partial charge >= 0.3 is 17.9 Å². The second-order valence-corrected chi connectivity index (χ2v) is 5.32. The van der Waals surface area contributed by atoms with E-state index in [2.05, 4.69) is 4.98 Å². The van der Waals surface area contributed by atoms with Crippen molar-refractivity contribution >= 4 is 17.9 Å². The predicted octanol–water partition coefficient (Wildman–Crippen LogP) is 1.40. The Hall–Kier alpha value is -2.39. The summed E-state index contributed by atoms with van der Waals surface area (Å²) in [6.45, 7) is 4.46. The zero-order chi connectivity index (χ0) is 18.6. The fourth-order valence-corrected chi connectivity index (χ4v) is 2.63. The van der Waals surface area contributed by atoms with Crippen LogP contribution in [0.15, 0.2) is 6.20 Å². The summed E-state index contributed by atoms with van der Waals surface area (Å²) in [5.41, 5.74) is 1.04. The lowest BCUT2D eigenvalue weighted by Crippen LogP contribution is -2.38. The van der Waals surface area contributed by atoms with Crippen LogP contribution in [0.1, 0.15) is 54.8 Å². The van der Waals surface area contributed by atoms with Crippen LogP contribution in [0.5, 0.6) is 0 Å². The molecule has 9 nitrogen and oxygen atoms in total. The normalized spacial score (nSPS) is 22.0. The van der Waals surface area contributed by atoms with Gasteiger partial charge in [-0.3, -0.25) is 9.59 Å². The van der Waals surface area contributed by atoms with Crippen molar-refractivity contribution < 1.29 is 38.1 Å². The average Bonchev–Trinajstić information content (AvgIpc) is 2.99. The SMILES string of the molecule is CCO[C@H]1O[C@H](COC(C)=O)[C@@H](OC(C)=O)c2c1c[nH]c2C(=O)OC. The van der Waals surface area contributed by atoms with Gasteiger partial charge in [0.15, 0.2) is 12.4 Å². The van der Waals surface area contributed by atoms with Crippen LogP contribution in [-0.2, 0) is 33.3 Å². The van der Waals surface area contributed by atoms with Crippen molar-refractivity contribution in [3.63, 3.8) is 0 Å². The summed E-state index contributed by atoms with van der Waals surface area (Å²) in [5.74, 6) is -1.70. The van der Waals surface area contributed by atoms with Crippen LogP contribution in [0.2, 0.25) is 0 Å². The van der Waals surface area contributed by atoms with E-state index in [1.54, 1.807) is 13.1 Å². The van der Waals surface area contributed by atoms with Crippen molar-refractivity contribution in [3.05, 3.63) is 23.0 Å². The molecule has 2 heterocycles. The lowest BCUT2D eigenvalue weighted by atomic mass is 9.96. The Balaban J connectivity index is 2.47. The zero-order valence-corrected chi connectivity index (χ0v) is 14.5. The van der Waals surface area contributed by atoms with Gasteiger partial charge in [-0.15, -0.1) is 0 Å². The number of esters is 3. The first kappa shape index (κ1) is 18.9. The maximum atomic E-state index is 12.1. The maximum absolute atomic E-state index is 12.1. The molecule has 0 saturated carbocycles. The van der Waals surface area contributed by atoms with E-state index in [-0.39, 0.29) is 12.3 Å². The predicted molar refractivity (Wildman–Crippen MR) is 82.5 cm³/mol. The highest BCUT2D eigenvalue weighted by molar-refractivity contribution is 5.90. The Morgan fingerprint density at radius 2 is 1.96 bits per heavy atom. The molecule has 1 aliphatic heterocycles. The molecule has 25 heavy (non-hydrogen) atoms. The molecule has 1 aromatic rings. The first-order valence-corrected chi connectivity index (χ1v) is 7.76. The van der Waals surface area contributed by atoms with Crippen molar-refractivity contribution in [1.82, 2.24) is 4.98 Å². The van der Waals surface area contributed by atoms with Gasteiger partial charge < -0.3 is 28.7 Å². The summed E-state index contributed by atoms with van der Waals surface area (Å²) in [7, 11) is 1.24. The number of methoxy groups -OCH3 is 1. The Morgan fingerprint density at radius 1 is 1.24 bits per heavy atom. The molecule has 2 rings (SSSR count). The van der Waals surface area contributed by atoms with Gasteiger partial charge in [0.05, 0.1) is 7.11 Å². The minimum Gasteiger partial charge on any atom is -0.464 e. The summed E-state index contributed by atoms with van der Waals surface area (Å²) in [6.07, 6.45) is -1.05. The lowest BCUT2D eigenvalue weighted by molar-refractivity contribution is -0.226. The average molecular weight is 355 g/mol. The number of nitrogens with one attached hydrogen (secondary N) is 1. The van der Waals surface area contributed by atoms with Gasteiger partial charge in [-0.05, 0) is 6.92 Å². The number of aromatic amines is 1. The van der Waals surface area contributed by atoms with Crippen LogP contribution in [0.4, 0.5) is 0 Å². The summed E-state index contributed by atoms with van der Waals surface area (Å²) >= 11 is 0. The molecule has 0 radical (unpaired) electrons. The number of carbonyl (C=O) groups is 3. The van der Waals surface area contributed by atoms with E-state index in [0.717, 1.165) is 0 Å². The number of rotatable bonds is 6. The second kappa shape index (κ2) is 8.13. The Kier molecular flexibility index (Phi) is 6.16. The standard InChI is InChI=1S/C16H21NO8/c1-5-22-16-10-6-17-13(15(20)21-4)12(10)14(24-9(3)19)11(25-16)7-23-8(2)18/h6,11,14,16-17H,5,7H2,1-4H3/t11-,14-,16+/m1/s1. The van der Waals surface area contributed by atoms with Gasteiger partial charge in [-0.1, -0.05) is 0 Å². The molecule has 0 aromatic carbocycles. The van der Waals surface area contributed by atoms with Gasteiger partial charge in [-0.25, -0.2) is 4.79 Å². The highest BCUT2D eigenvalue weighted by atomic mass is 16.7. The summed E-state index contributed by atoms with van der Waals surface area (Å²) < 4.78 is 26.5. The van der Waals surface area contributed by atoms with E-state index in [1.165, 1.54) is 21.0 Å². The highest BCUT2D eigenvalue weighted by Gasteiger charge is 2.43. The third-order valence-electron chi connectivity index (χ3n) is 3.58. The van der Waals surface area contributed by atoms with E-state index in [1.807, 2.05) is 0 Å². The van der Waals surface area contributed by atoms with Crippen LogP contribution in [0, 0.1) is 0 Å². The molecule has 1 aromatic heterocycles. The van der Waals surface area contributed by atoms with Gasteiger partial charge in [-0.2, -0.15) is 0 Å². The number of fused-ring (bicyclic) bond motifs is 1. The van der Waals surface area contributed by atoms with Crippen molar-refractivity contribution in [2.24, 2.45) is 0 Å². The number of aromatic nitrogens is 1. The molecule has 0 fully saturated rings. The van der Waals surface area contributed by atoms with Crippen LogP contribution >= 0.6 is 0 Å². The van der Waals surface area contributed by atoms with E-state index in [4.69, 9.17) is 23.7 Å². The van der Waals surface area contributed by atoms with E-state index in [9.17, 15) is 14.4 Å². The fraction of sp³-hybridized carbons (Fsp3) is 0.562. The number of hydrogen-bond donors (Lipinski definition) is 1. The Labute approximate surface area is 144 Å². The summed E-state index contributed by atoms with van der Waals surface area (Å²) in [4.78, 5) is 37.5. The van der Waals surface area contributed by atoms with Gasteiger partial charge in [0.25, 0.3) is 0 Å². The minimum absolute atomic E-state index is 0.129. The first-order chi connectivity index (χ1) is 11.9. The van der Waals surface area contributed by atoms with Crippen LogP contribution in [0.25, 0.3) is 0 Å². The molecule has 0 aliphatic carbocycles. The Morgan fingerprint density at radius 3 is 2.52 bits per heavy atom. The second-order valence-electron chi connectivity index (χ2n) is 5.32. The summed E-state index contributed by atoms with van der Waals surface area (Å²) in [6, 6.07) is 0. The lowest BCUT2D eigenvalue weighted by Gasteiger charge is -2.35. The third kappa shape index (κ3) is 4.18. The number of H-pyrrole nitrogens is 1. The fourth-order valence-electron chi connectivity index (χ4n) is 2.63. The van der Waals surface area contributed by atoms with Crippen molar-refractivity contribution in [2.75, 3.05) is 20.3 Å². The molecule has 1 aliphatic rings. The monoisotopic (exact) mass is 355 g/mol. The molecule has 0 saturated heterocycles. The molecule has 9 heteroatoms. The van der Waals surface area contributed by atoms with Gasteiger partial charge in [0.1, 0.15) is 18.4 Å². The molecular formula is C16H21NO8. The summed E-state index contributed by atoms with van der Waals surface area (Å²) in [5, 5.41) is 0. The minimum atomic E-state index is -0.955. The quantitative estimate of drug-likeness (QED) is 0.602. The Bertz CT molecular complexity index is 653. The molecule has 0 bridgehead atoms. The molecular weight excluding hydrogens is 334 g/mol. The van der Waals surface area contributed by atoms with E-state index < -0.39 is 36.4 Å². The van der Waals surface area contributed by atoms with Crippen molar-refractivity contribution in [3.8, 4) is 0 Å². The topological polar surface area (TPSA) is 113 Å². The van der Waals surface area contributed by atoms with Crippen LogP contribution in [-0.4, -0.2) is 49.3 Å². The van der Waals surface area contributed by atoms with Gasteiger partial charge in [0.2, 0.25) is 0 Å². The molecule has 0 spiro atoms. The third-order valence-corrected chi connectivity index (χ3v) is 3.58. The van der Waals surface area contributed by atoms with Gasteiger partial charge in [0, 0.05) is 37.8 Å². The highest BCUT2D eigenvalue weighted by Crippen LogP contribution is 2.41. The van der Waals surface area contributed by atoms with E-state index in [0.29, 0.717) is 17.7 Å². The molecule has 0 unspecified atom stereocenters. The zero-order valence-electron chi connectivity index (χ0n) is 14.5. The molecule has 3 atom stereocenters. The molecule has 1 N–H and O–H groups in total. The van der Waals surface area contributed by atoms with Crippen LogP contribution < -0.4 is 0 Å². The van der Waals surface area contributed by atoms with Crippen molar-refractivity contribution in [1.29, 1.82) is 0 Å². The van der Waals surface area contributed by atoms with E-state index >= 15 is 0 Å². The maximum Gasteiger partial charge on any atom is 0.354 e. The smallest absolute Gasteiger partial charge is 0.354 e. The number of carbonyl (C=O) groups excluding carboxylic acids is 3. The molecule has 138 valence electrons. The first-order valence-electron chi connectivity index (χ1n) is 7.76. The number of ether oxygens (including phenoxy) is 5. The van der Waals surface area contributed by atoms with Crippen LogP contribution in [0.3, 0.4) is 0 Å². The largest absolute Gasteiger partial charge is 0.464 e. The number of hydrogen-bond acceptors (Lipinski definition) is 8. The molecule has 0 amide bonds. The van der Waals surface area contributed by atoms with Crippen molar-refractivity contribution in [2.45, 2.75) is 39.3 Å².